The van der Waals surface area contributed by atoms with Gasteiger partial charge >= 0.3 is 11.9 Å². The van der Waals surface area contributed by atoms with Gasteiger partial charge in [-0.3, -0.25) is 14.4 Å². The number of halogens is 1. The first-order chi connectivity index (χ1) is 22.4. The number of esters is 2. The number of ether oxygens (including phenoxy) is 5. The van der Waals surface area contributed by atoms with Gasteiger partial charge in [-0.15, -0.1) is 21.7 Å². The van der Waals surface area contributed by atoms with Crippen LogP contribution in [-0.2, 0) is 28.7 Å². The Balaban J connectivity index is 1.73. The standard InChI is InChI=1S/C30H35ClN4O12/c1-6-19(14-45-25(37)13-22(30(39)44-8-7-31)32-24(36)15-46-35(40)41)47-27-16(2)9-18(10-17(27)3)28-33-21-11-20(42-4)12-23(43-5)26(21)29(38)34-28/h9-12,19,22H,6-8,13-15H2,1-5H3,(H,32,36)(H,33,34,38). The topological polar surface area (TPSA) is 208 Å². The molecule has 0 saturated heterocycles. The maximum absolute atomic E-state index is 13.0. The lowest BCUT2D eigenvalue weighted by Gasteiger charge is -2.22. The fourth-order valence-electron chi connectivity index (χ4n) is 4.49. The summed E-state index contributed by atoms with van der Waals surface area (Å²) in [6.07, 6.45) is -0.776. The molecule has 0 spiro atoms. The van der Waals surface area contributed by atoms with E-state index in [0.717, 1.165) is 11.1 Å². The number of aryl methyl sites for hydroxylation is 2. The van der Waals surface area contributed by atoms with Crippen LogP contribution in [0.5, 0.6) is 17.2 Å². The quantitative estimate of drug-likeness (QED) is 0.0912. The van der Waals surface area contributed by atoms with Gasteiger partial charge < -0.3 is 38.8 Å². The van der Waals surface area contributed by atoms with Crippen molar-refractivity contribution < 1.29 is 48.0 Å². The molecule has 0 saturated carbocycles. The minimum atomic E-state index is -1.50. The largest absolute Gasteiger partial charge is 0.497 e. The Morgan fingerprint density at radius 1 is 1.09 bits per heavy atom. The van der Waals surface area contributed by atoms with Crippen molar-refractivity contribution in [3.8, 4) is 28.6 Å². The molecule has 47 heavy (non-hydrogen) atoms. The number of aromatic nitrogens is 2. The minimum Gasteiger partial charge on any atom is -0.497 e. The summed E-state index contributed by atoms with van der Waals surface area (Å²) in [7, 11) is 2.96. The molecule has 2 N–H and O–H groups in total. The molecule has 0 bridgehead atoms. The van der Waals surface area contributed by atoms with Crippen molar-refractivity contribution >= 4 is 40.3 Å². The Labute approximate surface area is 273 Å². The predicted octanol–water partition coefficient (Wildman–Crippen LogP) is 2.79. The van der Waals surface area contributed by atoms with E-state index in [0.29, 0.717) is 40.6 Å². The molecule has 1 amide bonds. The number of benzene rings is 2. The van der Waals surface area contributed by atoms with Crippen molar-refractivity contribution in [3.05, 3.63) is 55.9 Å². The van der Waals surface area contributed by atoms with Gasteiger partial charge in [0.05, 0.1) is 32.0 Å². The van der Waals surface area contributed by atoms with Crippen molar-refractivity contribution in [1.82, 2.24) is 15.3 Å². The molecule has 0 fully saturated rings. The van der Waals surface area contributed by atoms with Crippen LogP contribution in [-0.4, -0.2) is 85.0 Å². The Bertz CT molecular complexity index is 1660. The maximum atomic E-state index is 13.0. The van der Waals surface area contributed by atoms with Crippen LogP contribution in [0.1, 0.15) is 30.9 Å². The van der Waals surface area contributed by atoms with E-state index in [9.17, 15) is 29.3 Å². The number of hydrogen-bond donors (Lipinski definition) is 2. The van der Waals surface area contributed by atoms with E-state index >= 15 is 0 Å². The highest BCUT2D eigenvalue weighted by Crippen LogP contribution is 2.32. The number of amides is 1. The molecule has 0 radical (unpaired) electrons. The summed E-state index contributed by atoms with van der Waals surface area (Å²) in [4.78, 5) is 71.7. The first kappa shape index (κ1) is 36.3. The number of hydrogen-bond acceptors (Lipinski definition) is 13. The number of carbonyl (C=O) groups is 3. The third-order valence-corrected chi connectivity index (χ3v) is 6.87. The van der Waals surface area contributed by atoms with Gasteiger partial charge in [0, 0.05) is 17.7 Å². The zero-order valence-corrected chi connectivity index (χ0v) is 27.1. The molecule has 3 rings (SSSR count). The summed E-state index contributed by atoms with van der Waals surface area (Å²) < 4.78 is 27.1. The number of nitrogens with one attached hydrogen (secondary N) is 2. The fourth-order valence-corrected chi connectivity index (χ4v) is 4.57. The molecule has 0 aliphatic carbocycles. The summed E-state index contributed by atoms with van der Waals surface area (Å²) in [6, 6.07) is 5.34. The molecule has 2 aromatic carbocycles. The molecule has 0 aliphatic rings. The molecular formula is C30H35ClN4O12. The van der Waals surface area contributed by atoms with Crippen LogP contribution in [0.15, 0.2) is 29.1 Å². The van der Waals surface area contributed by atoms with Crippen molar-refractivity contribution in [2.45, 2.75) is 45.8 Å². The van der Waals surface area contributed by atoms with E-state index in [1.807, 2.05) is 20.8 Å². The number of rotatable bonds is 17. The highest BCUT2D eigenvalue weighted by Gasteiger charge is 2.27. The summed E-state index contributed by atoms with van der Waals surface area (Å²) in [5, 5.41) is 11.6. The van der Waals surface area contributed by atoms with Gasteiger partial charge in [-0.25, -0.2) is 9.78 Å². The Morgan fingerprint density at radius 3 is 2.38 bits per heavy atom. The van der Waals surface area contributed by atoms with Crippen LogP contribution in [0.2, 0.25) is 0 Å². The molecule has 254 valence electrons. The van der Waals surface area contributed by atoms with E-state index in [2.05, 4.69) is 20.1 Å². The van der Waals surface area contributed by atoms with Crippen LogP contribution in [0, 0.1) is 24.0 Å². The molecule has 1 heterocycles. The van der Waals surface area contributed by atoms with E-state index in [1.165, 1.54) is 14.2 Å². The number of carbonyl (C=O) groups excluding carboxylic acids is 3. The number of aromatic amines is 1. The molecule has 2 atom stereocenters. The monoisotopic (exact) mass is 678 g/mol. The second kappa shape index (κ2) is 17.0. The summed E-state index contributed by atoms with van der Waals surface area (Å²) in [6.45, 7) is 4.09. The molecule has 0 aliphatic heterocycles. The Hall–Kier alpha value is -5.12. The highest BCUT2D eigenvalue weighted by atomic mass is 35.5. The lowest BCUT2D eigenvalue weighted by Crippen LogP contribution is -2.45. The third-order valence-electron chi connectivity index (χ3n) is 6.72. The van der Waals surface area contributed by atoms with Gasteiger partial charge in [0.25, 0.3) is 10.6 Å². The fraction of sp³-hybridized carbons (Fsp3) is 0.433. The first-order valence-electron chi connectivity index (χ1n) is 14.3. The number of H-pyrrole nitrogens is 1. The van der Waals surface area contributed by atoms with Crippen molar-refractivity contribution in [3.63, 3.8) is 0 Å². The second-order valence-corrected chi connectivity index (χ2v) is 10.5. The van der Waals surface area contributed by atoms with Crippen molar-refractivity contribution in [2.75, 3.05) is 39.9 Å². The normalized spacial score (nSPS) is 12.0. The number of alkyl halides is 1. The summed E-state index contributed by atoms with van der Waals surface area (Å²) in [5.41, 5.74) is 2.08. The summed E-state index contributed by atoms with van der Waals surface area (Å²) >= 11 is 5.53. The maximum Gasteiger partial charge on any atom is 0.329 e. The molecular weight excluding hydrogens is 644 g/mol. The van der Waals surface area contributed by atoms with E-state index in [1.54, 1.807) is 24.3 Å². The van der Waals surface area contributed by atoms with E-state index < -0.39 is 48.1 Å². The zero-order chi connectivity index (χ0) is 34.7. The molecule has 3 aromatic rings. The van der Waals surface area contributed by atoms with Gasteiger partial charge in [0.2, 0.25) is 5.91 Å². The van der Waals surface area contributed by atoms with Crippen LogP contribution in [0.4, 0.5) is 0 Å². The van der Waals surface area contributed by atoms with Gasteiger partial charge in [0.15, 0.2) is 6.61 Å². The van der Waals surface area contributed by atoms with E-state index in [-0.39, 0.29) is 30.0 Å². The third kappa shape index (κ3) is 9.93. The van der Waals surface area contributed by atoms with Gasteiger partial charge in [-0.1, -0.05) is 6.92 Å². The SMILES string of the molecule is CCC(COC(=O)CC(NC(=O)CO[N+](=O)[O-])C(=O)OCCCl)Oc1c(C)cc(-c2nc3cc(OC)cc(OC)c3c(=O)[nH]2)cc1C. The molecule has 16 nitrogen and oxygen atoms in total. The smallest absolute Gasteiger partial charge is 0.329 e. The molecule has 1 aromatic heterocycles. The van der Waals surface area contributed by atoms with Crippen molar-refractivity contribution in [1.29, 1.82) is 0 Å². The number of methoxy groups -OCH3 is 2. The Morgan fingerprint density at radius 2 is 1.79 bits per heavy atom. The van der Waals surface area contributed by atoms with Crippen molar-refractivity contribution in [2.24, 2.45) is 0 Å². The van der Waals surface area contributed by atoms with Gasteiger partial charge in [-0.05, 0) is 43.5 Å². The highest BCUT2D eigenvalue weighted by molar-refractivity contribution is 6.18. The Kier molecular flexibility index (Phi) is 13.1. The molecule has 17 heteroatoms. The van der Waals surface area contributed by atoms with Gasteiger partial charge in [-0.2, -0.15) is 0 Å². The van der Waals surface area contributed by atoms with Gasteiger partial charge in [0.1, 0.15) is 53.8 Å². The summed E-state index contributed by atoms with van der Waals surface area (Å²) in [5.74, 6) is -1.22. The average Bonchev–Trinajstić information content (AvgIpc) is 3.04. The molecule has 2 unspecified atom stereocenters. The van der Waals surface area contributed by atoms with Crippen LogP contribution < -0.4 is 25.1 Å². The zero-order valence-electron chi connectivity index (χ0n) is 26.4. The minimum absolute atomic E-state index is 0.0300. The van der Waals surface area contributed by atoms with Crippen LogP contribution in [0.3, 0.4) is 0 Å². The number of fused-ring (bicyclic) bond motifs is 1. The van der Waals surface area contributed by atoms with Crippen LogP contribution >= 0.6 is 11.6 Å². The lowest BCUT2D eigenvalue weighted by molar-refractivity contribution is -0.754. The van der Waals surface area contributed by atoms with Crippen LogP contribution in [0.25, 0.3) is 22.3 Å². The van der Waals surface area contributed by atoms with E-state index in [4.69, 9.17) is 35.3 Å². The lowest BCUT2D eigenvalue weighted by atomic mass is 10.0. The predicted molar refractivity (Wildman–Crippen MR) is 167 cm³/mol. The first-order valence-corrected chi connectivity index (χ1v) is 14.8. The second-order valence-electron chi connectivity index (χ2n) is 10.1. The average molecular weight is 679 g/mol. The number of nitrogens with zero attached hydrogens (tertiary/aromatic N) is 2.